The summed E-state index contributed by atoms with van der Waals surface area (Å²) in [5.74, 6) is 4.19. The summed E-state index contributed by atoms with van der Waals surface area (Å²) >= 11 is 0. The van der Waals surface area contributed by atoms with Gasteiger partial charge in [0.1, 0.15) is 23.4 Å². The van der Waals surface area contributed by atoms with E-state index in [1.807, 2.05) is 36.4 Å². The van der Waals surface area contributed by atoms with Gasteiger partial charge in [-0.05, 0) is 36.4 Å². The highest BCUT2D eigenvalue weighted by Crippen LogP contribution is 2.33. The van der Waals surface area contributed by atoms with E-state index in [-0.39, 0.29) is 22.3 Å². The summed E-state index contributed by atoms with van der Waals surface area (Å²) in [6, 6.07) is 11.2. The molecule has 1 saturated heterocycles. The van der Waals surface area contributed by atoms with Crippen molar-refractivity contribution in [3.8, 4) is 40.5 Å². The van der Waals surface area contributed by atoms with E-state index in [1.54, 1.807) is 6.20 Å². The summed E-state index contributed by atoms with van der Waals surface area (Å²) < 4.78 is 46.6. The van der Waals surface area contributed by atoms with Crippen molar-refractivity contribution in [3.05, 3.63) is 66.7 Å². The molecule has 0 N–H and O–H groups in total. The van der Waals surface area contributed by atoms with Crippen molar-refractivity contribution in [1.29, 1.82) is 0 Å². The third-order valence-electron chi connectivity index (χ3n) is 5.95. The number of ether oxygens (including phenoxy) is 1. The fraction of sp³-hybridized carbons (Fsp3) is 0.240. The van der Waals surface area contributed by atoms with Crippen LogP contribution in [0.4, 0.5) is 19.1 Å². The zero-order valence-electron chi connectivity index (χ0n) is 18.6. The molecule has 0 saturated carbocycles. The summed E-state index contributed by atoms with van der Waals surface area (Å²) in [5, 5.41) is 7.23. The van der Waals surface area contributed by atoms with E-state index in [9.17, 15) is 13.3 Å². The van der Waals surface area contributed by atoms with Crippen molar-refractivity contribution < 1.29 is 18.0 Å². The van der Waals surface area contributed by atoms with Gasteiger partial charge in [0.15, 0.2) is 0 Å². The summed E-state index contributed by atoms with van der Waals surface area (Å²) in [4.78, 5) is 6.87. The Morgan fingerprint density at radius 3 is 2.37 bits per heavy atom. The Labute approximate surface area is 199 Å². The Hall–Kier alpha value is -4.26. The Morgan fingerprint density at radius 2 is 1.74 bits per heavy atom. The number of piperidine rings is 1. The van der Waals surface area contributed by atoms with Crippen LogP contribution in [-0.4, -0.2) is 44.0 Å². The van der Waals surface area contributed by atoms with Crippen molar-refractivity contribution >= 4 is 5.82 Å². The average Bonchev–Trinajstić information content (AvgIpc) is 3.52. The summed E-state index contributed by atoms with van der Waals surface area (Å²) in [7, 11) is 0. The van der Waals surface area contributed by atoms with Crippen molar-refractivity contribution in [2.45, 2.75) is 25.5 Å². The van der Waals surface area contributed by atoms with Gasteiger partial charge in [-0.2, -0.15) is 13.9 Å². The molecule has 1 fully saturated rings. The molecule has 3 aromatic heterocycles. The normalized spacial score (nSPS) is 14.3. The van der Waals surface area contributed by atoms with E-state index in [4.69, 9.17) is 11.2 Å². The largest absolute Gasteiger partial charge is 0.490 e. The van der Waals surface area contributed by atoms with E-state index in [0.717, 1.165) is 49.3 Å². The molecule has 35 heavy (non-hydrogen) atoms. The number of pyridine rings is 1. The molecule has 0 unspecified atom stereocenters. The van der Waals surface area contributed by atoms with Crippen LogP contribution >= 0.6 is 0 Å². The second-order valence-electron chi connectivity index (χ2n) is 8.13. The Kier molecular flexibility index (Phi) is 6.14. The quantitative estimate of drug-likeness (QED) is 0.367. The summed E-state index contributed by atoms with van der Waals surface area (Å²) in [6.45, 7) is -1.26. The second kappa shape index (κ2) is 9.54. The van der Waals surface area contributed by atoms with Gasteiger partial charge in [0.25, 0.3) is 0 Å². The van der Waals surface area contributed by atoms with Gasteiger partial charge in [-0.15, -0.1) is 11.5 Å². The number of terminal acetylenes is 1. The molecule has 0 bridgehead atoms. The smallest absolute Gasteiger partial charge is 0.333 e. The first-order valence-corrected chi connectivity index (χ1v) is 11.0. The molecule has 1 aromatic carbocycles. The zero-order chi connectivity index (χ0) is 24.4. The van der Waals surface area contributed by atoms with E-state index < -0.39 is 6.55 Å². The van der Waals surface area contributed by atoms with Crippen molar-refractivity contribution in [2.75, 3.05) is 18.0 Å². The number of alkyl halides is 2. The van der Waals surface area contributed by atoms with Gasteiger partial charge < -0.3 is 9.64 Å². The molecule has 0 spiro atoms. The van der Waals surface area contributed by atoms with E-state index in [1.165, 1.54) is 12.4 Å². The molecule has 0 amide bonds. The first-order chi connectivity index (χ1) is 17.0. The van der Waals surface area contributed by atoms with Crippen LogP contribution < -0.4 is 9.64 Å². The molecule has 7 nitrogen and oxygen atoms in total. The first kappa shape index (κ1) is 22.5. The minimum Gasteiger partial charge on any atom is -0.490 e. The van der Waals surface area contributed by atoms with Crippen LogP contribution in [0, 0.1) is 12.3 Å². The molecule has 0 radical (unpaired) electrons. The number of nitrogens with zero attached hydrogens (tertiary/aromatic N) is 6. The highest BCUT2D eigenvalue weighted by atomic mass is 19.3. The minimum atomic E-state index is -2.81. The topological polar surface area (TPSA) is 61.0 Å². The standard InChI is InChI=1S/C25H21F3N6O/c1-2-17-3-6-20(7-4-17)35-21-9-11-32(12-10-21)23-8-5-18(13-29-23)22-15-31-34(28)24(22)19-14-30-33(16-19)25(26)27/h1,3-8,13-16,21,25H,9-12H2. The van der Waals surface area contributed by atoms with Crippen LogP contribution in [0.1, 0.15) is 25.0 Å². The number of rotatable bonds is 6. The van der Waals surface area contributed by atoms with E-state index >= 15 is 0 Å². The number of aromatic nitrogens is 5. The second-order valence-corrected chi connectivity index (χ2v) is 8.13. The molecule has 0 aliphatic carbocycles. The molecule has 1 aliphatic heterocycles. The molecule has 5 rings (SSSR count). The van der Waals surface area contributed by atoms with Crippen molar-refractivity contribution in [2.24, 2.45) is 0 Å². The third-order valence-corrected chi connectivity index (χ3v) is 5.95. The molecule has 1 aliphatic rings. The van der Waals surface area contributed by atoms with Crippen LogP contribution in [0.15, 0.2) is 61.2 Å². The predicted molar refractivity (Wildman–Crippen MR) is 125 cm³/mol. The maximum absolute atomic E-state index is 14.3. The van der Waals surface area contributed by atoms with Crippen LogP contribution in [0.5, 0.6) is 5.75 Å². The number of anilines is 1. The molecule has 10 heteroatoms. The van der Waals surface area contributed by atoms with Crippen molar-refractivity contribution in [3.63, 3.8) is 0 Å². The molecule has 178 valence electrons. The summed E-state index contributed by atoms with van der Waals surface area (Å²) in [6.07, 6.45) is 12.4. The lowest BCUT2D eigenvalue weighted by Crippen LogP contribution is -2.38. The fourth-order valence-corrected chi connectivity index (χ4v) is 4.12. The summed E-state index contributed by atoms with van der Waals surface area (Å²) in [5.41, 5.74) is 2.10. The number of halogens is 3. The number of hydrogen-bond donors (Lipinski definition) is 0. The van der Waals surface area contributed by atoms with Gasteiger partial charge >= 0.3 is 6.55 Å². The fourth-order valence-electron chi connectivity index (χ4n) is 4.12. The molecule has 0 atom stereocenters. The zero-order valence-corrected chi connectivity index (χ0v) is 18.6. The van der Waals surface area contributed by atoms with Crippen LogP contribution in [0.2, 0.25) is 0 Å². The lowest BCUT2D eigenvalue weighted by Gasteiger charge is -2.33. The van der Waals surface area contributed by atoms with Gasteiger partial charge in [-0.3, -0.25) is 0 Å². The Balaban J connectivity index is 1.25. The maximum atomic E-state index is 14.3. The third kappa shape index (κ3) is 4.71. The Bertz CT molecular complexity index is 1330. The highest BCUT2D eigenvalue weighted by molar-refractivity contribution is 5.80. The van der Waals surface area contributed by atoms with Gasteiger partial charge in [-0.25, -0.2) is 9.67 Å². The van der Waals surface area contributed by atoms with Crippen LogP contribution in [-0.2, 0) is 0 Å². The molecule has 4 heterocycles. The van der Waals surface area contributed by atoms with Gasteiger partial charge in [-0.1, -0.05) is 15.3 Å². The minimum absolute atomic E-state index is 0.0414. The van der Waals surface area contributed by atoms with Gasteiger partial charge in [0.05, 0.1) is 12.4 Å². The number of hydrogen-bond acceptors (Lipinski definition) is 5. The lowest BCUT2D eigenvalue weighted by atomic mass is 10.0. The molecular weight excluding hydrogens is 457 g/mol. The monoisotopic (exact) mass is 478 g/mol. The first-order valence-electron chi connectivity index (χ1n) is 11.0. The van der Waals surface area contributed by atoms with Crippen LogP contribution in [0.3, 0.4) is 0 Å². The maximum Gasteiger partial charge on any atom is 0.333 e. The molecular formula is C25H21F3N6O. The molecule has 4 aromatic rings. The predicted octanol–water partition coefficient (Wildman–Crippen LogP) is 4.97. The SMILES string of the molecule is C#Cc1ccc(OC2CCN(c3ccc(-c4cnn(F)c4-c4cnn(C(F)F)c4)cn3)CC2)cc1. The number of benzene rings is 1. The highest BCUT2D eigenvalue weighted by Gasteiger charge is 2.23. The van der Waals surface area contributed by atoms with E-state index in [0.29, 0.717) is 15.8 Å². The lowest BCUT2D eigenvalue weighted by molar-refractivity contribution is 0.0566. The van der Waals surface area contributed by atoms with E-state index in [2.05, 4.69) is 26.0 Å². The van der Waals surface area contributed by atoms with Crippen molar-refractivity contribution in [1.82, 2.24) is 24.8 Å². The Morgan fingerprint density at radius 1 is 0.971 bits per heavy atom. The average molecular weight is 478 g/mol. The van der Waals surface area contributed by atoms with Crippen LogP contribution in [0.25, 0.3) is 22.4 Å². The van der Waals surface area contributed by atoms with Gasteiger partial charge in [0.2, 0.25) is 0 Å². The van der Waals surface area contributed by atoms with Gasteiger partial charge in [0, 0.05) is 60.6 Å².